The highest BCUT2D eigenvalue weighted by Gasteiger charge is 2.19. The van der Waals surface area contributed by atoms with Crippen LogP contribution in [0.2, 0.25) is 0 Å². The standard InChI is InChI=1S/C33H47BrO2S/c1-3-5-7-9-11-12-14-16-20-26(19-15-13-10-8-6-4-2)25-36-33(35)30-23-27-21-17-18-22-28(27)32-29(30)24-31(34)37-32/h17-18,21-24,26H,3-16,19-20,25H2,1-2H3. The molecule has 0 aliphatic rings. The van der Waals surface area contributed by atoms with Crippen molar-refractivity contribution in [3.63, 3.8) is 0 Å². The largest absolute Gasteiger partial charge is 0.462 e. The van der Waals surface area contributed by atoms with Crippen LogP contribution >= 0.6 is 27.3 Å². The number of hydrogen-bond donors (Lipinski definition) is 0. The minimum atomic E-state index is -0.176. The lowest BCUT2D eigenvalue weighted by molar-refractivity contribution is 0.0424. The summed E-state index contributed by atoms with van der Waals surface area (Å²) in [5.74, 6) is 0.297. The van der Waals surface area contributed by atoms with Crippen LogP contribution in [0.4, 0.5) is 0 Å². The van der Waals surface area contributed by atoms with Crippen LogP contribution in [0, 0.1) is 5.92 Å². The molecule has 0 spiro atoms. The molecule has 0 N–H and O–H groups in total. The number of hydrogen-bond acceptors (Lipinski definition) is 3. The van der Waals surface area contributed by atoms with Crippen molar-refractivity contribution >= 4 is 54.1 Å². The molecule has 0 amide bonds. The van der Waals surface area contributed by atoms with E-state index in [2.05, 4.69) is 54.0 Å². The van der Waals surface area contributed by atoms with E-state index >= 15 is 0 Å². The van der Waals surface area contributed by atoms with Gasteiger partial charge in [-0.15, -0.1) is 11.3 Å². The summed E-state index contributed by atoms with van der Waals surface area (Å²) in [5, 5.41) is 3.29. The molecule has 1 aromatic heterocycles. The first kappa shape index (κ1) is 30.2. The number of esters is 1. The normalized spacial score (nSPS) is 12.4. The SMILES string of the molecule is CCCCCCCCCCC(CCCCCCCC)COC(=O)c1cc2ccccc2c2sc(Br)cc12. The van der Waals surface area contributed by atoms with E-state index in [1.807, 2.05) is 12.1 Å². The summed E-state index contributed by atoms with van der Waals surface area (Å²) in [6.07, 6.45) is 20.9. The molecule has 0 aliphatic carbocycles. The van der Waals surface area contributed by atoms with Gasteiger partial charge in [0.05, 0.1) is 16.0 Å². The topological polar surface area (TPSA) is 26.3 Å². The molecule has 0 saturated carbocycles. The zero-order chi connectivity index (χ0) is 26.3. The zero-order valence-electron chi connectivity index (χ0n) is 23.2. The first-order chi connectivity index (χ1) is 18.1. The molecule has 0 fully saturated rings. The maximum Gasteiger partial charge on any atom is 0.338 e. The summed E-state index contributed by atoms with van der Waals surface area (Å²) in [6.45, 7) is 5.09. The number of fused-ring (bicyclic) bond motifs is 3. The van der Waals surface area contributed by atoms with E-state index in [9.17, 15) is 4.79 Å². The number of carbonyl (C=O) groups excluding carboxylic acids is 1. The molecular weight excluding hydrogens is 540 g/mol. The van der Waals surface area contributed by atoms with Gasteiger partial charge < -0.3 is 4.74 Å². The van der Waals surface area contributed by atoms with Crippen molar-refractivity contribution in [3.8, 4) is 0 Å². The fourth-order valence-corrected chi connectivity index (χ4v) is 7.02. The van der Waals surface area contributed by atoms with Gasteiger partial charge in [0.1, 0.15) is 0 Å². The van der Waals surface area contributed by atoms with Gasteiger partial charge in [0.2, 0.25) is 0 Å². The van der Waals surface area contributed by atoms with Gasteiger partial charge in [0.15, 0.2) is 0 Å². The summed E-state index contributed by atoms with van der Waals surface area (Å²) >= 11 is 5.32. The monoisotopic (exact) mass is 586 g/mol. The van der Waals surface area contributed by atoms with Gasteiger partial charge >= 0.3 is 5.97 Å². The first-order valence-electron chi connectivity index (χ1n) is 14.9. The van der Waals surface area contributed by atoms with Crippen molar-refractivity contribution in [2.45, 2.75) is 117 Å². The Morgan fingerprint density at radius 2 is 1.35 bits per heavy atom. The fourth-order valence-electron chi connectivity index (χ4n) is 5.36. The Hall–Kier alpha value is -1.39. The predicted octanol–water partition coefficient (Wildman–Crippen LogP) is 11.9. The lowest BCUT2D eigenvalue weighted by atomic mass is 9.94. The molecule has 3 aromatic rings. The lowest BCUT2D eigenvalue weighted by Gasteiger charge is -2.18. The van der Waals surface area contributed by atoms with Crippen molar-refractivity contribution in [1.29, 1.82) is 0 Å². The maximum atomic E-state index is 13.3. The molecule has 1 heterocycles. The molecule has 0 bridgehead atoms. The smallest absolute Gasteiger partial charge is 0.338 e. The second-order valence-electron chi connectivity index (χ2n) is 10.7. The van der Waals surface area contributed by atoms with Crippen molar-refractivity contribution in [3.05, 3.63) is 45.7 Å². The minimum Gasteiger partial charge on any atom is -0.462 e. The molecule has 3 rings (SSSR count). The van der Waals surface area contributed by atoms with E-state index in [4.69, 9.17) is 4.74 Å². The van der Waals surface area contributed by atoms with Crippen LogP contribution in [0.25, 0.3) is 20.9 Å². The van der Waals surface area contributed by atoms with Crippen LogP contribution in [-0.2, 0) is 4.74 Å². The average Bonchev–Trinajstić information content (AvgIpc) is 3.31. The van der Waals surface area contributed by atoms with Crippen LogP contribution in [0.15, 0.2) is 40.2 Å². The number of rotatable bonds is 19. The van der Waals surface area contributed by atoms with Crippen molar-refractivity contribution in [1.82, 2.24) is 0 Å². The van der Waals surface area contributed by atoms with Gasteiger partial charge in [-0.25, -0.2) is 4.79 Å². The molecule has 4 heteroatoms. The summed E-state index contributed by atoms with van der Waals surface area (Å²) in [4.78, 5) is 13.3. The fraction of sp³-hybridized carbons (Fsp3) is 0.606. The van der Waals surface area contributed by atoms with E-state index in [1.54, 1.807) is 11.3 Å². The van der Waals surface area contributed by atoms with Crippen LogP contribution in [0.3, 0.4) is 0 Å². The number of unbranched alkanes of at least 4 members (excludes halogenated alkanes) is 12. The molecule has 2 aromatic carbocycles. The van der Waals surface area contributed by atoms with Gasteiger partial charge in [-0.05, 0) is 57.6 Å². The minimum absolute atomic E-state index is 0.176. The number of carbonyl (C=O) groups is 1. The first-order valence-corrected chi connectivity index (χ1v) is 16.5. The van der Waals surface area contributed by atoms with Crippen LogP contribution in [0.5, 0.6) is 0 Å². The van der Waals surface area contributed by atoms with E-state index in [-0.39, 0.29) is 5.97 Å². The van der Waals surface area contributed by atoms with Crippen LogP contribution < -0.4 is 0 Å². The van der Waals surface area contributed by atoms with E-state index in [1.165, 1.54) is 108 Å². The third-order valence-electron chi connectivity index (χ3n) is 7.60. The van der Waals surface area contributed by atoms with Gasteiger partial charge in [-0.3, -0.25) is 0 Å². The number of thiophene rings is 1. The highest BCUT2D eigenvalue weighted by molar-refractivity contribution is 9.11. The van der Waals surface area contributed by atoms with Gasteiger partial charge in [0, 0.05) is 10.1 Å². The van der Waals surface area contributed by atoms with Crippen molar-refractivity contribution in [2.75, 3.05) is 6.61 Å². The number of halogens is 1. The molecule has 0 aliphatic heterocycles. The average molecular weight is 588 g/mol. The summed E-state index contributed by atoms with van der Waals surface area (Å²) in [5.41, 5.74) is 0.695. The van der Waals surface area contributed by atoms with Crippen LogP contribution in [-0.4, -0.2) is 12.6 Å². The highest BCUT2D eigenvalue weighted by atomic mass is 79.9. The third-order valence-corrected chi connectivity index (χ3v) is 9.27. The Morgan fingerprint density at radius 3 is 1.97 bits per heavy atom. The molecule has 2 nitrogen and oxygen atoms in total. The summed E-state index contributed by atoms with van der Waals surface area (Å²) in [7, 11) is 0. The highest BCUT2D eigenvalue weighted by Crippen LogP contribution is 2.38. The Balaban J connectivity index is 1.56. The summed E-state index contributed by atoms with van der Waals surface area (Å²) in [6, 6.07) is 12.4. The van der Waals surface area contributed by atoms with E-state index in [0.717, 1.165) is 19.3 Å². The third kappa shape index (κ3) is 10.0. The Bertz CT molecular complexity index is 1070. The van der Waals surface area contributed by atoms with Gasteiger partial charge in [-0.1, -0.05) is 128 Å². The molecule has 1 unspecified atom stereocenters. The Morgan fingerprint density at radius 1 is 0.784 bits per heavy atom. The van der Waals surface area contributed by atoms with E-state index < -0.39 is 0 Å². The van der Waals surface area contributed by atoms with Crippen LogP contribution in [0.1, 0.15) is 127 Å². The second-order valence-corrected chi connectivity index (χ2v) is 13.2. The maximum absolute atomic E-state index is 13.3. The van der Waals surface area contributed by atoms with Crippen molar-refractivity contribution < 1.29 is 9.53 Å². The van der Waals surface area contributed by atoms with Crippen molar-refractivity contribution in [2.24, 2.45) is 5.92 Å². The molecule has 0 radical (unpaired) electrons. The Kier molecular flexibility index (Phi) is 14.1. The van der Waals surface area contributed by atoms with Gasteiger partial charge in [0.25, 0.3) is 0 Å². The Labute approximate surface area is 237 Å². The molecule has 0 saturated heterocycles. The van der Waals surface area contributed by atoms with E-state index in [0.29, 0.717) is 18.1 Å². The predicted molar refractivity (Wildman–Crippen MR) is 166 cm³/mol. The second kappa shape index (κ2) is 17.2. The summed E-state index contributed by atoms with van der Waals surface area (Å²) < 4.78 is 8.22. The molecule has 37 heavy (non-hydrogen) atoms. The lowest BCUT2D eigenvalue weighted by Crippen LogP contribution is -2.15. The molecule has 1 atom stereocenters. The number of benzene rings is 2. The molecular formula is C33H47BrO2S. The van der Waals surface area contributed by atoms with Gasteiger partial charge in [-0.2, -0.15) is 0 Å². The zero-order valence-corrected chi connectivity index (χ0v) is 25.6. The quantitative estimate of drug-likeness (QED) is 0.103. The number of ether oxygens (including phenoxy) is 1. The molecule has 204 valence electrons.